The Morgan fingerprint density at radius 3 is 2.78 bits per heavy atom. The van der Waals surface area contributed by atoms with Gasteiger partial charge in [-0.25, -0.2) is 4.39 Å². The van der Waals surface area contributed by atoms with E-state index in [1.165, 1.54) is 12.1 Å². The first-order chi connectivity index (χ1) is 8.43. The summed E-state index contributed by atoms with van der Waals surface area (Å²) in [4.78, 5) is 11.8. The molecule has 0 aromatic heterocycles. The van der Waals surface area contributed by atoms with E-state index in [2.05, 4.69) is 6.07 Å². The lowest BCUT2D eigenvalue weighted by Crippen LogP contribution is -2.28. The smallest absolute Gasteiger partial charge is 0.272 e. The topological polar surface area (TPSA) is 70.2 Å². The fourth-order valence-electron chi connectivity index (χ4n) is 1.56. The lowest BCUT2D eigenvalue weighted by molar-refractivity contribution is -0.385. The van der Waals surface area contributed by atoms with Gasteiger partial charge in [0.05, 0.1) is 23.5 Å². The molecule has 0 aliphatic carbocycles. The second-order valence-corrected chi connectivity index (χ2v) is 4.20. The van der Waals surface area contributed by atoms with Crippen molar-refractivity contribution >= 4 is 5.69 Å². The summed E-state index contributed by atoms with van der Waals surface area (Å²) < 4.78 is 13.2. The predicted molar refractivity (Wildman–Crippen MR) is 64.2 cm³/mol. The molecule has 5 nitrogen and oxygen atoms in total. The normalized spacial score (nSPS) is 12.2. The molecule has 0 saturated carbocycles. The number of rotatable bonds is 5. The van der Waals surface area contributed by atoms with Crippen molar-refractivity contribution in [3.63, 3.8) is 0 Å². The van der Waals surface area contributed by atoms with Gasteiger partial charge in [-0.15, -0.1) is 0 Å². The second-order valence-electron chi connectivity index (χ2n) is 4.20. The Bertz CT molecular complexity index is 485. The van der Waals surface area contributed by atoms with E-state index in [-0.39, 0.29) is 11.7 Å². The van der Waals surface area contributed by atoms with E-state index in [1.807, 2.05) is 11.8 Å². The average Bonchev–Trinajstić information content (AvgIpc) is 2.28. The molecule has 18 heavy (non-hydrogen) atoms. The van der Waals surface area contributed by atoms with Crippen LogP contribution in [-0.4, -0.2) is 22.9 Å². The SMILES string of the molecule is CC(CC#N)N(C)Cc1cc(F)cc([N+](=O)[O-])c1. The average molecular weight is 251 g/mol. The highest BCUT2D eigenvalue weighted by atomic mass is 19.1. The predicted octanol–water partition coefficient (Wildman–Crippen LogP) is 2.47. The number of hydrogen-bond acceptors (Lipinski definition) is 4. The van der Waals surface area contributed by atoms with E-state index < -0.39 is 10.7 Å². The minimum atomic E-state index is -0.625. The van der Waals surface area contributed by atoms with Gasteiger partial charge in [0.2, 0.25) is 0 Å². The van der Waals surface area contributed by atoms with Gasteiger partial charge in [-0.2, -0.15) is 5.26 Å². The second kappa shape index (κ2) is 6.07. The monoisotopic (exact) mass is 251 g/mol. The molecule has 0 aliphatic heterocycles. The van der Waals surface area contributed by atoms with Gasteiger partial charge >= 0.3 is 0 Å². The van der Waals surface area contributed by atoms with Crippen molar-refractivity contribution in [2.75, 3.05) is 7.05 Å². The zero-order valence-corrected chi connectivity index (χ0v) is 10.3. The van der Waals surface area contributed by atoms with Crippen molar-refractivity contribution in [3.05, 3.63) is 39.7 Å². The van der Waals surface area contributed by atoms with Crippen LogP contribution in [0.5, 0.6) is 0 Å². The highest BCUT2D eigenvalue weighted by Gasteiger charge is 2.13. The molecular weight excluding hydrogens is 237 g/mol. The van der Waals surface area contributed by atoms with Gasteiger partial charge in [-0.05, 0) is 25.6 Å². The van der Waals surface area contributed by atoms with Gasteiger partial charge in [0, 0.05) is 18.7 Å². The lowest BCUT2D eigenvalue weighted by atomic mass is 10.1. The Morgan fingerprint density at radius 1 is 1.56 bits per heavy atom. The molecule has 1 atom stereocenters. The number of nitro groups is 1. The van der Waals surface area contributed by atoms with Crippen LogP contribution in [0.4, 0.5) is 10.1 Å². The zero-order valence-electron chi connectivity index (χ0n) is 10.3. The molecule has 1 rings (SSSR count). The van der Waals surface area contributed by atoms with Crippen LogP contribution in [0, 0.1) is 27.3 Å². The van der Waals surface area contributed by atoms with Crippen LogP contribution >= 0.6 is 0 Å². The maximum atomic E-state index is 13.2. The quantitative estimate of drug-likeness (QED) is 0.595. The van der Waals surface area contributed by atoms with Crippen LogP contribution in [0.1, 0.15) is 18.9 Å². The molecule has 6 heteroatoms. The number of benzene rings is 1. The molecule has 0 heterocycles. The maximum Gasteiger partial charge on any atom is 0.272 e. The van der Waals surface area contributed by atoms with Crippen molar-refractivity contribution in [3.8, 4) is 6.07 Å². The third-order valence-corrected chi connectivity index (χ3v) is 2.72. The molecule has 0 spiro atoms. The number of hydrogen-bond donors (Lipinski definition) is 0. The van der Waals surface area contributed by atoms with E-state index in [0.29, 0.717) is 18.5 Å². The molecular formula is C12H14FN3O2. The van der Waals surface area contributed by atoms with E-state index in [9.17, 15) is 14.5 Å². The molecule has 0 aliphatic rings. The highest BCUT2D eigenvalue weighted by molar-refractivity contribution is 5.35. The fourth-order valence-corrected chi connectivity index (χ4v) is 1.56. The molecule has 0 radical (unpaired) electrons. The van der Waals surface area contributed by atoms with Crippen LogP contribution in [0.2, 0.25) is 0 Å². The number of nitrogens with zero attached hydrogens (tertiary/aromatic N) is 3. The Balaban J connectivity index is 2.85. The minimum absolute atomic E-state index is 0.0114. The minimum Gasteiger partial charge on any atom is -0.298 e. The van der Waals surface area contributed by atoms with Crippen LogP contribution in [0.25, 0.3) is 0 Å². The molecule has 0 saturated heterocycles. The molecule has 1 aromatic carbocycles. The van der Waals surface area contributed by atoms with Crippen LogP contribution in [-0.2, 0) is 6.54 Å². The third kappa shape index (κ3) is 3.79. The van der Waals surface area contributed by atoms with Gasteiger partial charge < -0.3 is 0 Å². The van der Waals surface area contributed by atoms with Gasteiger partial charge in [0.25, 0.3) is 5.69 Å². The summed E-state index contributed by atoms with van der Waals surface area (Å²) in [5.74, 6) is -0.625. The maximum absolute atomic E-state index is 13.2. The van der Waals surface area contributed by atoms with E-state index in [0.717, 1.165) is 6.07 Å². The van der Waals surface area contributed by atoms with Crippen LogP contribution in [0.15, 0.2) is 18.2 Å². The van der Waals surface area contributed by atoms with E-state index in [1.54, 1.807) is 7.05 Å². The molecule has 0 N–H and O–H groups in total. The van der Waals surface area contributed by atoms with Crippen LogP contribution < -0.4 is 0 Å². The first-order valence-corrected chi connectivity index (χ1v) is 5.45. The van der Waals surface area contributed by atoms with E-state index >= 15 is 0 Å². The van der Waals surface area contributed by atoms with Crippen molar-refractivity contribution < 1.29 is 9.31 Å². The van der Waals surface area contributed by atoms with Crippen molar-refractivity contribution in [2.24, 2.45) is 0 Å². The van der Waals surface area contributed by atoms with Crippen molar-refractivity contribution in [1.29, 1.82) is 5.26 Å². The molecule has 0 fully saturated rings. The summed E-state index contributed by atoms with van der Waals surface area (Å²) in [7, 11) is 1.79. The largest absolute Gasteiger partial charge is 0.298 e. The standard InChI is InChI=1S/C12H14FN3O2/c1-9(3-4-14)15(2)8-10-5-11(13)7-12(6-10)16(17)18/h5-7,9H,3,8H2,1-2H3. The van der Waals surface area contributed by atoms with Crippen molar-refractivity contribution in [2.45, 2.75) is 25.9 Å². The summed E-state index contributed by atoms with van der Waals surface area (Å²) in [5, 5.41) is 19.2. The summed E-state index contributed by atoms with van der Waals surface area (Å²) in [6, 6.07) is 5.57. The first-order valence-electron chi connectivity index (χ1n) is 5.45. The van der Waals surface area contributed by atoms with Gasteiger partial charge in [-0.1, -0.05) is 0 Å². The van der Waals surface area contributed by atoms with Crippen molar-refractivity contribution in [1.82, 2.24) is 4.90 Å². The van der Waals surface area contributed by atoms with Gasteiger partial charge in [-0.3, -0.25) is 15.0 Å². The number of nitro benzene ring substituents is 1. The van der Waals surface area contributed by atoms with E-state index in [4.69, 9.17) is 5.26 Å². The number of nitriles is 1. The Kier molecular flexibility index (Phi) is 4.75. The first kappa shape index (κ1) is 14.1. The summed E-state index contributed by atoms with van der Waals surface area (Å²) >= 11 is 0. The molecule has 1 aromatic rings. The summed E-state index contributed by atoms with van der Waals surface area (Å²) in [6.07, 6.45) is 0.355. The lowest BCUT2D eigenvalue weighted by Gasteiger charge is -2.22. The summed E-state index contributed by atoms with van der Waals surface area (Å²) in [6.45, 7) is 2.23. The third-order valence-electron chi connectivity index (χ3n) is 2.72. The Morgan fingerprint density at radius 2 is 2.22 bits per heavy atom. The molecule has 96 valence electrons. The molecule has 1 unspecified atom stereocenters. The summed E-state index contributed by atoms with van der Waals surface area (Å²) in [5.41, 5.74) is 0.264. The zero-order chi connectivity index (χ0) is 13.7. The molecule has 0 amide bonds. The molecule has 0 bridgehead atoms. The Hall–Kier alpha value is -2.00. The fraction of sp³-hybridized carbons (Fsp3) is 0.417. The number of non-ortho nitro benzene ring substituents is 1. The van der Waals surface area contributed by atoms with Crippen LogP contribution in [0.3, 0.4) is 0 Å². The van der Waals surface area contributed by atoms with Gasteiger partial charge in [0.15, 0.2) is 0 Å². The Labute approximate surface area is 105 Å². The highest BCUT2D eigenvalue weighted by Crippen LogP contribution is 2.18. The van der Waals surface area contributed by atoms with Gasteiger partial charge in [0.1, 0.15) is 5.82 Å². The number of halogens is 1.